The van der Waals surface area contributed by atoms with Crippen LogP contribution in [0.2, 0.25) is 0 Å². The van der Waals surface area contributed by atoms with E-state index in [1.54, 1.807) is 16.8 Å². The lowest BCUT2D eigenvalue weighted by Crippen LogP contribution is -2.44. The molecule has 4 aromatic rings. The summed E-state index contributed by atoms with van der Waals surface area (Å²) >= 11 is 0. The van der Waals surface area contributed by atoms with Gasteiger partial charge in [-0.2, -0.15) is 10.4 Å². The summed E-state index contributed by atoms with van der Waals surface area (Å²) in [5.74, 6) is 0.0918. The van der Waals surface area contributed by atoms with Gasteiger partial charge in [0.15, 0.2) is 0 Å². The van der Waals surface area contributed by atoms with Crippen molar-refractivity contribution < 1.29 is 19.5 Å². The van der Waals surface area contributed by atoms with Gasteiger partial charge in [0.2, 0.25) is 5.91 Å². The molecule has 0 atom stereocenters. The zero-order valence-corrected chi connectivity index (χ0v) is 25.1. The summed E-state index contributed by atoms with van der Waals surface area (Å²) in [6.07, 6.45) is 8.63. The average molecular weight is 619 g/mol. The number of carbonyl (C=O) groups is 3. The van der Waals surface area contributed by atoms with E-state index < -0.39 is 11.6 Å². The molecule has 12 nitrogen and oxygen atoms in total. The van der Waals surface area contributed by atoms with Crippen molar-refractivity contribution in [3.05, 3.63) is 77.6 Å². The summed E-state index contributed by atoms with van der Waals surface area (Å²) < 4.78 is 1.70. The van der Waals surface area contributed by atoms with E-state index in [9.17, 15) is 24.8 Å². The lowest BCUT2D eigenvalue weighted by molar-refractivity contribution is -0.123. The highest BCUT2D eigenvalue weighted by Gasteiger charge is 2.45. The Hall–Kier alpha value is -5.44. The molecule has 46 heavy (non-hydrogen) atoms. The van der Waals surface area contributed by atoms with Gasteiger partial charge in [-0.25, -0.2) is 9.31 Å². The summed E-state index contributed by atoms with van der Waals surface area (Å²) in [6.45, 7) is 0. The summed E-state index contributed by atoms with van der Waals surface area (Å²) in [7, 11) is 0. The molecule has 3 saturated carbocycles. The largest absolute Gasteiger partial charge is 0.465 e. The van der Waals surface area contributed by atoms with E-state index in [-0.39, 0.29) is 29.8 Å². The second-order valence-electron chi connectivity index (χ2n) is 12.5. The smallest absolute Gasteiger partial charge is 0.405 e. The van der Waals surface area contributed by atoms with Crippen LogP contribution in [-0.2, 0) is 10.3 Å². The molecule has 3 fully saturated rings. The van der Waals surface area contributed by atoms with Crippen LogP contribution in [0.4, 0.5) is 16.2 Å². The molecule has 7 rings (SSSR count). The van der Waals surface area contributed by atoms with Crippen LogP contribution < -0.4 is 21.3 Å². The number of pyridine rings is 1. The first-order chi connectivity index (χ1) is 22.3. The summed E-state index contributed by atoms with van der Waals surface area (Å²) in [5.41, 5.74) is 4.48. The minimum absolute atomic E-state index is 0.0158. The summed E-state index contributed by atoms with van der Waals surface area (Å²) in [6, 6.07) is 17.1. The fraction of sp³-hybridized carbons (Fsp3) is 0.353. The Morgan fingerprint density at radius 1 is 0.913 bits per heavy atom. The fourth-order valence-electron chi connectivity index (χ4n) is 6.29. The number of amides is 3. The maximum absolute atomic E-state index is 13.7. The van der Waals surface area contributed by atoms with Gasteiger partial charge in [-0.15, -0.1) is 0 Å². The predicted octanol–water partition coefficient (Wildman–Crippen LogP) is 4.84. The highest BCUT2D eigenvalue weighted by molar-refractivity contribution is 6.00. The number of carboxylic acid groups (broad SMARTS) is 1. The molecule has 3 aliphatic rings. The Labute approximate surface area is 265 Å². The zero-order valence-electron chi connectivity index (χ0n) is 25.1. The van der Waals surface area contributed by atoms with Crippen LogP contribution in [0.5, 0.6) is 0 Å². The monoisotopic (exact) mass is 618 g/mol. The number of rotatable bonds is 9. The Morgan fingerprint density at radius 2 is 1.63 bits per heavy atom. The summed E-state index contributed by atoms with van der Waals surface area (Å²) in [4.78, 5) is 41.8. The topological polar surface area (TPSA) is 174 Å². The molecule has 0 spiro atoms. The van der Waals surface area contributed by atoms with Crippen molar-refractivity contribution >= 4 is 34.8 Å². The molecule has 234 valence electrons. The number of nitriles is 1. The Bertz CT molecular complexity index is 1860. The second kappa shape index (κ2) is 11.8. The number of nitrogens with zero attached hydrogens (tertiary/aromatic N) is 4. The third kappa shape index (κ3) is 6.08. The van der Waals surface area contributed by atoms with E-state index in [0.29, 0.717) is 28.2 Å². The van der Waals surface area contributed by atoms with E-state index >= 15 is 0 Å². The number of anilines is 2. The molecule has 5 N–H and O–H groups in total. The van der Waals surface area contributed by atoms with Crippen LogP contribution in [0.3, 0.4) is 0 Å². The minimum Gasteiger partial charge on any atom is -0.465 e. The van der Waals surface area contributed by atoms with Gasteiger partial charge in [0.1, 0.15) is 6.07 Å². The Morgan fingerprint density at radius 3 is 2.28 bits per heavy atom. The van der Waals surface area contributed by atoms with Gasteiger partial charge in [-0.3, -0.25) is 14.6 Å². The maximum atomic E-state index is 13.7. The quantitative estimate of drug-likeness (QED) is 0.177. The molecule has 0 unspecified atom stereocenters. The molecule has 0 aliphatic heterocycles. The van der Waals surface area contributed by atoms with Crippen LogP contribution in [0.1, 0.15) is 72.9 Å². The lowest BCUT2D eigenvalue weighted by Gasteiger charge is -2.30. The Kier molecular flexibility index (Phi) is 7.52. The third-order valence-corrected chi connectivity index (χ3v) is 9.21. The summed E-state index contributed by atoms with van der Waals surface area (Å²) in [5, 5.41) is 35.3. The molecular weight excluding hydrogens is 584 g/mol. The van der Waals surface area contributed by atoms with E-state index in [4.69, 9.17) is 0 Å². The van der Waals surface area contributed by atoms with Crippen molar-refractivity contribution in [2.75, 3.05) is 5.32 Å². The first kappa shape index (κ1) is 29.3. The molecule has 12 heteroatoms. The first-order valence-electron chi connectivity index (χ1n) is 15.7. The molecule has 3 amide bonds. The zero-order chi connectivity index (χ0) is 31.8. The number of hydrogen-bond donors (Lipinski definition) is 5. The van der Waals surface area contributed by atoms with Crippen molar-refractivity contribution in [1.82, 2.24) is 30.5 Å². The molecule has 3 heterocycles. The van der Waals surface area contributed by atoms with Crippen molar-refractivity contribution in [1.29, 1.82) is 5.26 Å². The van der Waals surface area contributed by atoms with Crippen LogP contribution in [0, 0.1) is 17.2 Å². The standard InChI is InChI=1S/C34H34N8O4/c35-17-20-15-26-11-12-30(42(26)37-18-20)29-16-28(38-23-5-3-22(4-6-23)34(13-14-34)41-33(45)46)27(19-36-29)32(44)40-25-9-7-24(8-10-25)39-31(43)21-1-2-21/h3-6,11-12,15-16,18-19,21,24-25,41H,1-2,7-10,13-14H2,(H,36,38)(H,39,43)(H,40,44)(H,45,46). The van der Waals surface area contributed by atoms with E-state index in [0.717, 1.165) is 68.1 Å². The van der Waals surface area contributed by atoms with E-state index in [2.05, 4.69) is 37.4 Å². The van der Waals surface area contributed by atoms with Gasteiger partial charge in [0.25, 0.3) is 5.91 Å². The lowest BCUT2D eigenvalue weighted by atomic mass is 9.90. The third-order valence-electron chi connectivity index (χ3n) is 9.21. The average Bonchev–Trinajstić information content (AvgIpc) is 4.00. The minimum atomic E-state index is -1.05. The number of nitrogens with one attached hydrogen (secondary N) is 4. The number of carbonyl (C=O) groups excluding carboxylic acids is 2. The predicted molar refractivity (Wildman–Crippen MR) is 169 cm³/mol. The van der Waals surface area contributed by atoms with Crippen molar-refractivity contribution in [3.63, 3.8) is 0 Å². The van der Waals surface area contributed by atoms with Gasteiger partial charge in [0.05, 0.1) is 45.5 Å². The molecule has 0 bridgehead atoms. The highest BCUT2D eigenvalue weighted by atomic mass is 16.4. The molecular formula is C34H34N8O4. The number of benzene rings is 1. The second-order valence-corrected chi connectivity index (χ2v) is 12.5. The van der Waals surface area contributed by atoms with Gasteiger partial charge >= 0.3 is 6.09 Å². The highest BCUT2D eigenvalue weighted by Crippen LogP contribution is 2.45. The van der Waals surface area contributed by atoms with Gasteiger partial charge in [0, 0.05) is 29.9 Å². The van der Waals surface area contributed by atoms with Crippen LogP contribution in [0.15, 0.2) is 60.9 Å². The SMILES string of the molecule is N#Cc1cnn2c(-c3cc(Nc4ccc(C5(NC(=O)O)CC5)cc4)c(C(=O)NC4CCC(NC(=O)C5CC5)CC4)cn3)ccc2c1. The molecule has 3 aliphatic carbocycles. The first-order valence-corrected chi connectivity index (χ1v) is 15.7. The number of fused-ring (bicyclic) bond motifs is 1. The molecule has 1 aromatic carbocycles. The van der Waals surface area contributed by atoms with Crippen molar-refractivity contribution in [2.45, 2.75) is 69.0 Å². The van der Waals surface area contributed by atoms with Gasteiger partial charge in [-0.05, 0) is 93.3 Å². The van der Waals surface area contributed by atoms with Crippen molar-refractivity contribution in [2.24, 2.45) is 5.92 Å². The molecule has 0 radical (unpaired) electrons. The normalized spacial score (nSPS) is 19.9. The number of aromatic nitrogens is 3. The van der Waals surface area contributed by atoms with Crippen LogP contribution in [0.25, 0.3) is 16.9 Å². The fourth-order valence-corrected chi connectivity index (χ4v) is 6.29. The van der Waals surface area contributed by atoms with E-state index in [1.807, 2.05) is 42.5 Å². The van der Waals surface area contributed by atoms with E-state index in [1.165, 1.54) is 6.20 Å². The van der Waals surface area contributed by atoms with Crippen LogP contribution in [-0.4, -0.2) is 49.7 Å². The molecule has 3 aromatic heterocycles. The van der Waals surface area contributed by atoms with Crippen LogP contribution >= 0.6 is 0 Å². The molecule has 0 saturated heterocycles. The van der Waals surface area contributed by atoms with Gasteiger partial charge in [-0.1, -0.05) is 12.1 Å². The Balaban J connectivity index is 1.13. The van der Waals surface area contributed by atoms with Crippen molar-refractivity contribution in [3.8, 4) is 17.5 Å². The maximum Gasteiger partial charge on any atom is 0.405 e. The van der Waals surface area contributed by atoms with Gasteiger partial charge < -0.3 is 26.4 Å². The number of hydrogen-bond acceptors (Lipinski definition) is 7.